The molecule has 0 amide bonds. The van der Waals surface area contributed by atoms with Gasteiger partial charge in [-0.2, -0.15) is 0 Å². The van der Waals surface area contributed by atoms with Gasteiger partial charge in [0.15, 0.2) is 6.10 Å². The molecule has 0 aliphatic heterocycles. The first kappa shape index (κ1) is 51.2. The predicted octanol–water partition coefficient (Wildman–Crippen LogP) is 10.9. The lowest BCUT2D eigenvalue weighted by atomic mass is 10.1. The lowest BCUT2D eigenvalue weighted by Crippen LogP contribution is -2.34. The average Bonchev–Trinajstić information content (AvgIpc) is 3.13. The number of carboxylic acids is 1. The Labute approximate surface area is 322 Å². The first-order chi connectivity index (χ1) is 25.6. The Kier molecular flexibility index (Phi) is 35.9. The van der Waals surface area contributed by atoms with Crippen LogP contribution < -0.4 is 5.73 Å². The van der Waals surface area contributed by atoms with Gasteiger partial charge < -0.3 is 25.2 Å². The van der Waals surface area contributed by atoms with E-state index < -0.39 is 51.1 Å². The van der Waals surface area contributed by atoms with E-state index in [4.69, 9.17) is 24.8 Å². The Morgan fingerprint density at radius 3 is 1.38 bits per heavy atom. The fourth-order valence-electron chi connectivity index (χ4n) is 5.88. The van der Waals surface area contributed by atoms with Crippen molar-refractivity contribution in [1.29, 1.82) is 0 Å². The summed E-state index contributed by atoms with van der Waals surface area (Å²) in [5.74, 6) is -2.37. The summed E-state index contributed by atoms with van der Waals surface area (Å²) in [5.41, 5.74) is 5.32. The maximum Gasteiger partial charge on any atom is 0.472 e. The fraction of sp³-hybridized carbons (Fsp3) is 0.878. The predicted molar refractivity (Wildman–Crippen MR) is 213 cm³/mol. The Balaban J connectivity index is 4.34. The summed E-state index contributed by atoms with van der Waals surface area (Å²) < 4.78 is 32.6. The van der Waals surface area contributed by atoms with Crippen LogP contribution in [0, 0.1) is 0 Å². The van der Waals surface area contributed by atoms with E-state index in [1.54, 1.807) is 0 Å². The van der Waals surface area contributed by atoms with Crippen molar-refractivity contribution in [1.82, 2.24) is 0 Å². The minimum Gasteiger partial charge on any atom is -0.480 e. The lowest BCUT2D eigenvalue weighted by molar-refractivity contribution is -0.161. The summed E-state index contributed by atoms with van der Waals surface area (Å²) in [6, 6.07) is -1.52. The molecule has 11 nitrogen and oxygen atoms in total. The van der Waals surface area contributed by atoms with Gasteiger partial charge in [0.25, 0.3) is 0 Å². The fourth-order valence-corrected chi connectivity index (χ4v) is 6.66. The summed E-state index contributed by atoms with van der Waals surface area (Å²) in [4.78, 5) is 45.8. The molecule has 0 saturated carbocycles. The summed E-state index contributed by atoms with van der Waals surface area (Å²) in [5, 5.41) is 8.87. The van der Waals surface area contributed by atoms with Crippen molar-refractivity contribution in [2.75, 3.05) is 19.8 Å². The number of nitrogens with two attached hydrogens (primary N) is 1. The van der Waals surface area contributed by atoms with E-state index in [1.807, 2.05) is 0 Å². The SMILES string of the molecule is CCCCCCCCC/C=C\CCCCCCCCCC(=O)OC(COC(=O)CCCCCCCCCCCCC)COP(=O)(O)OCC(N)C(=O)O. The minimum atomic E-state index is -4.71. The monoisotopic (exact) mass is 776 g/mol. The third kappa shape index (κ3) is 36.9. The molecule has 0 aliphatic rings. The van der Waals surface area contributed by atoms with Crippen molar-refractivity contribution < 1.29 is 47.5 Å². The van der Waals surface area contributed by atoms with Crippen LogP contribution in [0.2, 0.25) is 0 Å². The number of allylic oxidation sites excluding steroid dienone is 2. The van der Waals surface area contributed by atoms with Crippen LogP contribution in [-0.4, -0.2) is 59.9 Å². The van der Waals surface area contributed by atoms with Crippen LogP contribution in [0.25, 0.3) is 0 Å². The molecule has 0 rings (SSSR count). The molecule has 0 spiro atoms. The highest BCUT2D eigenvalue weighted by molar-refractivity contribution is 7.47. The Bertz CT molecular complexity index is 963. The molecule has 12 heteroatoms. The maximum atomic E-state index is 12.6. The van der Waals surface area contributed by atoms with Crippen LogP contribution in [0.1, 0.15) is 200 Å². The number of esters is 2. The van der Waals surface area contributed by atoms with Gasteiger partial charge >= 0.3 is 25.7 Å². The van der Waals surface area contributed by atoms with E-state index in [1.165, 1.54) is 116 Å². The van der Waals surface area contributed by atoms with Crippen LogP contribution in [-0.2, 0) is 37.5 Å². The molecule has 0 aromatic rings. The second-order valence-corrected chi connectivity index (χ2v) is 15.9. The Hall–Kier alpha value is -1.78. The number of ether oxygens (including phenoxy) is 2. The van der Waals surface area contributed by atoms with Crippen LogP contribution in [0.15, 0.2) is 12.2 Å². The third-order valence-corrected chi connectivity index (χ3v) is 10.2. The molecule has 0 fully saturated rings. The number of carbonyl (C=O) groups is 3. The number of carbonyl (C=O) groups excluding carboxylic acids is 2. The molecule has 0 heterocycles. The van der Waals surface area contributed by atoms with Gasteiger partial charge in [0.2, 0.25) is 0 Å². The highest BCUT2D eigenvalue weighted by Crippen LogP contribution is 2.43. The molecule has 53 heavy (non-hydrogen) atoms. The highest BCUT2D eigenvalue weighted by Gasteiger charge is 2.28. The number of aliphatic carboxylic acids is 1. The van der Waals surface area contributed by atoms with Gasteiger partial charge in [-0.05, 0) is 38.5 Å². The minimum absolute atomic E-state index is 0.160. The molecule has 312 valence electrons. The first-order valence-corrected chi connectivity index (χ1v) is 22.7. The smallest absolute Gasteiger partial charge is 0.472 e. The van der Waals surface area contributed by atoms with Crippen molar-refractivity contribution in [2.45, 2.75) is 212 Å². The van der Waals surface area contributed by atoms with Gasteiger partial charge in [-0.3, -0.25) is 23.4 Å². The molecule has 0 aliphatic carbocycles. The van der Waals surface area contributed by atoms with Gasteiger partial charge in [-0.25, -0.2) is 4.57 Å². The second-order valence-electron chi connectivity index (χ2n) is 14.5. The Morgan fingerprint density at radius 1 is 0.566 bits per heavy atom. The molecular weight excluding hydrogens is 697 g/mol. The number of rotatable bonds is 40. The van der Waals surface area contributed by atoms with Gasteiger partial charge in [-0.1, -0.05) is 161 Å². The first-order valence-electron chi connectivity index (χ1n) is 21.2. The van der Waals surface area contributed by atoms with Gasteiger partial charge in [-0.15, -0.1) is 0 Å². The van der Waals surface area contributed by atoms with Gasteiger partial charge in [0.1, 0.15) is 12.6 Å². The molecule has 0 aromatic heterocycles. The summed E-state index contributed by atoms with van der Waals surface area (Å²) >= 11 is 0. The van der Waals surface area contributed by atoms with E-state index in [-0.39, 0.29) is 19.4 Å². The van der Waals surface area contributed by atoms with Crippen molar-refractivity contribution in [3.8, 4) is 0 Å². The van der Waals surface area contributed by atoms with Gasteiger partial charge in [0.05, 0.1) is 13.2 Å². The molecule has 3 unspecified atom stereocenters. The van der Waals surface area contributed by atoms with Crippen LogP contribution >= 0.6 is 7.82 Å². The van der Waals surface area contributed by atoms with Crippen LogP contribution in [0.4, 0.5) is 0 Å². The molecule has 0 aromatic carbocycles. The van der Waals surface area contributed by atoms with E-state index in [0.717, 1.165) is 44.9 Å². The molecule has 0 bridgehead atoms. The molecule has 0 radical (unpaired) electrons. The quantitative estimate of drug-likeness (QED) is 0.0234. The molecular formula is C41H78NO10P. The average molecular weight is 776 g/mol. The van der Waals surface area contributed by atoms with E-state index >= 15 is 0 Å². The number of carboxylic acid groups (broad SMARTS) is 1. The van der Waals surface area contributed by atoms with E-state index in [9.17, 15) is 23.8 Å². The lowest BCUT2D eigenvalue weighted by Gasteiger charge is -2.20. The molecule has 4 N–H and O–H groups in total. The maximum absolute atomic E-state index is 12.6. The Morgan fingerprint density at radius 2 is 0.943 bits per heavy atom. The third-order valence-electron chi connectivity index (χ3n) is 9.26. The van der Waals surface area contributed by atoms with Gasteiger partial charge in [0, 0.05) is 12.8 Å². The van der Waals surface area contributed by atoms with Crippen molar-refractivity contribution >= 4 is 25.7 Å². The van der Waals surface area contributed by atoms with Crippen LogP contribution in [0.5, 0.6) is 0 Å². The van der Waals surface area contributed by atoms with E-state index in [0.29, 0.717) is 12.8 Å². The largest absolute Gasteiger partial charge is 0.480 e. The van der Waals surface area contributed by atoms with Crippen molar-refractivity contribution in [3.63, 3.8) is 0 Å². The molecule has 3 atom stereocenters. The van der Waals surface area contributed by atoms with Crippen molar-refractivity contribution in [2.24, 2.45) is 5.73 Å². The van der Waals surface area contributed by atoms with Crippen molar-refractivity contribution in [3.05, 3.63) is 12.2 Å². The van der Waals surface area contributed by atoms with Crippen LogP contribution in [0.3, 0.4) is 0 Å². The summed E-state index contributed by atoms with van der Waals surface area (Å²) in [7, 11) is -4.71. The zero-order valence-electron chi connectivity index (χ0n) is 33.6. The summed E-state index contributed by atoms with van der Waals surface area (Å²) in [6.45, 7) is 2.80. The zero-order valence-corrected chi connectivity index (χ0v) is 34.5. The number of phosphoric acid groups is 1. The number of hydrogen-bond acceptors (Lipinski definition) is 9. The molecule has 0 saturated heterocycles. The highest BCUT2D eigenvalue weighted by atomic mass is 31.2. The normalized spacial score (nSPS) is 13.9. The summed E-state index contributed by atoms with van der Waals surface area (Å²) in [6.07, 6.45) is 35.6. The standard InChI is InChI=1S/C41H78NO10P/c1-3-5-7-9-11-13-15-16-17-18-19-20-21-23-25-27-29-31-33-40(44)52-37(35-50-53(47,48)51-36-38(42)41(45)46)34-49-39(43)32-30-28-26-24-22-14-12-10-8-6-4-2/h17-18,37-38H,3-16,19-36,42H2,1-2H3,(H,45,46)(H,47,48)/b18-17-. The zero-order chi connectivity index (χ0) is 39.3. The number of unbranched alkanes of at least 4 members (excludes halogenated alkanes) is 24. The number of hydrogen-bond donors (Lipinski definition) is 3. The topological polar surface area (TPSA) is 172 Å². The van der Waals surface area contributed by atoms with E-state index in [2.05, 4.69) is 30.5 Å². The number of phosphoric ester groups is 1. The second kappa shape index (κ2) is 37.2.